The second-order valence-electron chi connectivity index (χ2n) is 6.56. The first-order chi connectivity index (χ1) is 12.0. The van der Waals surface area contributed by atoms with Crippen molar-refractivity contribution in [1.82, 2.24) is 5.32 Å². The minimum Gasteiger partial charge on any atom is -0.343 e. The standard InChI is InChI=1S/C20H23N3O2/c1-13-3-7-15(8-4-13)18(21)19(24)22-17-11-12-23(20(17)25)16-9-5-14(2)6-10-16/h3-10,17-18H,11-12,21H2,1-2H3,(H,22,24). The van der Waals surface area contributed by atoms with E-state index in [-0.39, 0.29) is 11.8 Å². The monoisotopic (exact) mass is 337 g/mol. The molecule has 25 heavy (non-hydrogen) atoms. The fourth-order valence-corrected chi connectivity index (χ4v) is 2.98. The second-order valence-corrected chi connectivity index (χ2v) is 6.56. The molecule has 0 spiro atoms. The number of nitrogens with zero attached hydrogens (tertiary/aromatic N) is 1. The Morgan fingerprint density at radius 1 is 1.08 bits per heavy atom. The predicted octanol–water partition coefficient (Wildman–Crippen LogP) is 2.22. The molecule has 1 aliphatic heterocycles. The number of aryl methyl sites for hydroxylation is 2. The fraction of sp³-hybridized carbons (Fsp3) is 0.300. The third-order valence-corrected chi connectivity index (χ3v) is 4.59. The van der Waals surface area contributed by atoms with Crippen LogP contribution in [0.4, 0.5) is 5.69 Å². The Kier molecular flexibility index (Phi) is 4.86. The summed E-state index contributed by atoms with van der Waals surface area (Å²) in [6.45, 7) is 4.57. The van der Waals surface area contributed by atoms with Crippen LogP contribution in [0.5, 0.6) is 0 Å². The number of carbonyl (C=O) groups is 2. The van der Waals surface area contributed by atoms with E-state index in [1.165, 1.54) is 0 Å². The predicted molar refractivity (Wildman–Crippen MR) is 98.2 cm³/mol. The molecule has 1 aliphatic rings. The molecule has 5 nitrogen and oxygen atoms in total. The summed E-state index contributed by atoms with van der Waals surface area (Å²) < 4.78 is 0. The van der Waals surface area contributed by atoms with Crippen LogP contribution in [0.3, 0.4) is 0 Å². The van der Waals surface area contributed by atoms with Gasteiger partial charge in [-0.2, -0.15) is 0 Å². The Labute approximate surface area is 147 Å². The maximum absolute atomic E-state index is 12.6. The van der Waals surface area contributed by atoms with Gasteiger partial charge in [0.05, 0.1) is 0 Å². The summed E-state index contributed by atoms with van der Waals surface area (Å²) in [5.41, 5.74) is 9.88. The van der Waals surface area contributed by atoms with Crippen molar-refractivity contribution in [2.45, 2.75) is 32.4 Å². The second kappa shape index (κ2) is 7.07. The Balaban J connectivity index is 1.65. The van der Waals surface area contributed by atoms with Crippen molar-refractivity contribution in [3.8, 4) is 0 Å². The Morgan fingerprint density at radius 2 is 1.64 bits per heavy atom. The van der Waals surface area contributed by atoms with Gasteiger partial charge in [0.15, 0.2) is 0 Å². The number of rotatable bonds is 4. The molecule has 2 amide bonds. The molecular weight excluding hydrogens is 314 g/mol. The number of hydrogen-bond acceptors (Lipinski definition) is 3. The van der Waals surface area contributed by atoms with Gasteiger partial charge in [-0.3, -0.25) is 9.59 Å². The number of hydrogen-bond donors (Lipinski definition) is 2. The Hall–Kier alpha value is -2.66. The average Bonchev–Trinajstić information content (AvgIpc) is 2.96. The number of nitrogens with one attached hydrogen (secondary N) is 1. The van der Waals surface area contributed by atoms with Gasteiger partial charge in [0.1, 0.15) is 12.1 Å². The fourth-order valence-electron chi connectivity index (χ4n) is 2.98. The zero-order valence-corrected chi connectivity index (χ0v) is 14.5. The minimum atomic E-state index is -0.776. The number of anilines is 1. The Morgan fingerprint density at radius 3 is 2.24 bits per heavy atom. The lowest BCUT2D eigenvalue weighted by Crippen LogP contribution is -2.45. The first kappa shape index (κ1) is 17.2. The van der Waals surface area contributed by atoms with Gasteiger partial charge in [0.25, 0.3) is 0 Å². The molecule has 1 heterocycles. The van der Waals surface area contributed by atoms with Crippen molar-refractivity contribution in [3.63, 3.8) is 0 Å². The van der Waals surface area contributed by atoms with Crippen molar-refractivity contribution in [3.05, 3.63) is 65.2 Å². The van der Waals surface area contributed by atoms with Crippen LogP contribution in [0.2, 0.25) is 0 Å². The topological polar surface area (TPSA) is 75.4 Å². The zero-order valence-electron chi connectivity index (χ0n) is 14.5. The van der Waals surface area contributed by atoms with Crippen LogP contribution < -0.4 is 16.0 Å². The summed E-state index contributed by atoms with van der Waals surface area (Å²) in [7, 11) is 0. The zero-order chi connectivity index (χ0) is 18.0. The Bertz CT molecular complexity index is 769. The highest BCUT2D eigenvalue weighted by Gasteiger charge is 2.34. The lowest BCUT2D eigenvalue weighted by molar-refractivity contribution is -0.127. The first-order valence-electron chi connectivity index (χ1n) is 8.46. The molecule has 2 aromatic rings. The maximum Gasteiger partial charge on any atom is 0.249 e. The van der Waals surface area contributed by atoms with Crippen LogP contribution in [-0.4, -0.2) is 24.4 Å². The molecule has 2 aromatic carbocycles. The largest absolute Gasteiger partial charge is 0.343 e. The normalized spacial score (nSPS) is 18.3. The summed E-state index contributed by atoms with van der Waals surface area (Å²) in [4.78, 5) is 26.7. The quantitative estimate of drug-likeness (QED) is 0.898. The molecule has 0 bridgehead atoms. The van der Waals surface area contributed by atoms with E-state index < -0.39 is 12.1 Å². The van der Waals surface area contributed by atoms with E-state index in [1.54, 1.807) is 4.90 Å². The summed E-state index contributed by atoms with van der Waals surface area (Å²) in [6.07, 6.45) is 0.582. The van der Waals surface area contributed by atoms with Crippen molar-refractivity contribution in [2.24, 2.45) is 5.73 Å². The molecule has 130 valence electrons. The van der Waals surface area contributed by atoms with Gasteiger partial charge in [-0.1, -0.05) is 47.5 Å². The number of amides is 2. The van der Waals surface area contributed by atoms with E-state index in [0.717, 1.165) is 22.4 Å². The van der Waals surface area contributed by atoms with E-state index in [1.807, 2.05) is 62.4 Å². The molecule has 0 aliphatic carbocycles. The van der Waals surface area contributed by atoms with Crippen LogP contribution in [0, 0.1) is 13.8 Å². The molecule has 0 radical (unpaired) electrons. The van der Waals surface area contributed by atoms with Crippen LogP contribution in [0.25, 0.3) is 0 Å². The third-order valence-electron chi connectivity index (χ3n) is 4.59. The number of carbonyl (C=O) groups excluding carboxylic acids is 2. The van der Waals surface area contributed by atoms with Crippen molar-refractivity contribution < 1.29 is 9.59 Å². The molecule has 2 atom stereocenters. The summed E-state index contributed by atoms with van der Waals surface area (Å²) in [5.74, 6) is -0.415. The smallest absolute Gasteiger partial charge is 0.249 e. The van der Waals surface area contributed by atoms with E-state index in [9.17, 15) is 9.59 Å². The van der Waals surface area contributed by atoms with Crippen LogP contribution in [0.1, 0.15) is 29.2 Å². The molecule has 1 saturated heterocycles. The van der Waals surface area contributed by atoms with E-state index in [2.05, 4.69) is 5.32 Å². The minimum absolute atomic E-state index is 0.0895. The summed E-state index contributed by atoms with van der Waals surface area (Å²) >= 11 is 0. The van der Waals surface area contributed by atoms with E-state index in [4.69, 9.17) is 5.73 Å². The van der Waals surface area contributed by atoms with Gasteiger partial charge in [-0.25, -0.2) is 0 Å². The highest BCUT2D eigenvalue weighted by atomic mass is 16.2. The molecule has 0 saturated carbocycles. The van der Waals surface area contributed by atoms with Gasteiger partial charge in [-0.05, 0) is 38.0 Å². The SMILES string of the molecule is Cc1ccc(C(N)C(=O)NC2CCN(c3ccc(C)cc3)C2=O)cc1. The average molecular weight is 337 g/mol. The van der Waals surface area contributed by atoms with Gasteiger partial charge >= 0.3 is 0 Å². The summed E-state index contributed by atoms with van der Waals surface area (Å²) in [6, 6.07) is 14.0. The van der Waals surface area contributed by atoms with Crippen molar-refractivity contribution in [1.29, 1.82) is 0 Å². The number of nitrogens with two attached hydrogens (primary N) is 1. The lowest BCUT2D eigenvalue weighted by Gasteiger charge is -2.19. The van der Waals surface area contributed by atoms with Crippen molar-refractivity contribution >= 4 is 17.5 Å². The molecular formula is C20H23N3O2. The van der Waals surface area contributed by atoms with Crippen LogP contribution in [0.15, 0.2) is 48.5 Å². The molecule has 3 rings (SSSR count). The lowest BCUT2D eigenvalue weighted by atomic mass is 10.0. The van der Waals surface area contributed by atoms with Gasteiger partial charge in [0, 0.05) is 12.2 Å². The maximum atomic E-state index is 12.6. The van der Waals surface area contributed by atoms with Gasteiger partial charge in [-0.15, -0.1) is 0 Å². The molecule has 0 aromatic heterocycles. The molecule has 1 fully saturated rings. The van der Waals surface area contributed by atoms with E-state index in [0.29, 0.717) is 13.0 Å². The molecule has 2 unspecified atom stereocenters. The van der Waals surface area contributed by atoms with Gasteiger partial charge in [0.2, 0.25) is 11.8 Å². The summed E-state index contributed by atoms with van der Waals surface area (Å²) in [5, 5.41) is 2.80. The van der Waals surface area contributed by atoms with Gasteiger partial charge < -0.3 is 16.0 Å². The first-order valence-corrected chi connectivity index (χ1v) is 8.46. The van der Waals surface area contributed by atoms with E-state index >= 15 is 0 Å². The van der Waals surface area contributed by atoms with Crippen LogP contribution in [-0.2, 0) is 9.59 Å². The van der Waals surface area contributed by atoms with Crippen LogP contribution >= 0.6 is 0 Å². The highest BCUT2D eigenvalue weighted by molar-refractivity contribution is 6.01. The van der Waals surface area contributed by atoms with Crippen molar-refractivity contribution in [2.75, 3.05) is 11.4 Å². The highest BCUT2D eigenvalue weighted by Crippen LogP contribution is 2.22. The molecule has 5 heteroatoms. The number of benzene rings is 2. The molecule has 3 N–H and O–H groups in total. The third kappa shape index (κ3) is 3.72.